The van der Waals surface area contributed by atoms with E-state index in [9.17, 15) is 0 Å². The molecule has 1 aromatic carbocycles. The third-order valence-electron chi connectivity index (χ3n) is 4.10. The molecule has 1 saturated heterocycles. The lowest BCUT2D eigenvalue weighted by Gasteiger charge is -2.31. The monoisotopic (exact) mass is 285 g/mol. The molecule has 1 aliphatic rings. The number of rotatable bonds is 5. The minimum atomic E-state index is 0.754. The van der Waals surface area contributed by atoms with Crippen molar-refractivity contribution in [1.82, 2.24) is 15.4 Å². The molecule has 0 spiro atoms. The Morgan fingerprint density at radius 1 is 1.33 bits per heavy atom. The zero-order chi connectivity index (χ0) is 14.5. The van der Waals surface area contributed by atoms with Crippen LogP contribution in [-0.4, -0.2) is 36.7 Å². The lowest BCUT2D eigenvalue weighted by Crippen LogP contribution is -2.38. The highest BCUT2D eigenvalue weighted by molar-refractivity contribution is 5.56. The van der Waals surface area contributed by atoms with Gasteiger partial charge in [-0.2, -0.15) is 0 Å². The molecule has 0 saturated carbocycles. The zero-order valence-electron chi connectivity index (χ0n) is 12.6. The summed E-state index contributed by atoms with van der Waals surface area (Å²) in [4.78, 5) is 2.48. The summed E-state index contributed by atoms with van der Waals surface area (Å²) in [5.74, 6) is 1.61. The Labute approximate surface area is 126 Å². The number of hydrogen-bond acceptors (Lipinski definition) is 4. The average molecular weight is 285 g/mol. The molecule has 1 aliphatic heterocycles. The number of piperidine rings is 1. The van der Waals surface area contributed by atoms with Crippen LogP contribution in [0.15, 0.2) is 40.9 Å². The van der Waals surface area contributed by atoms with Crippen LogP contribution in [0.3, 0.4) is 0 Å². The summed E-state index contributed by atoms with van der Waals surface area (Å²) in [6, 6.07) is 12.2. The Morgan fingerprint density at radius 2 is 2.19 bits per heavy atom. The van der Waals surface area contributed by atoms with Gasteiger partial charge in [-0.1, -0.05) is 35.5 Å². The molecule has 2 aromatic rings. The molecule has 1 unspecified atom stereocenters. The van der Waals surface area contributed by atoms with Crippen molar-refractivity contribution in [3.8, 4) is 11.3 Å². The van der Waals surface area contributed by atoms with E-state index in [2.05, 4.69) is 21.4 Å². The standard InChI is InChI=1S/C17H23N3O/c1-18-11-14-6-5-9-20(12-14)13-16-10-17(21-19-16)15-7-3-2-4-8-15/h2-4,7-8,10,14,18H,5-6,9,11-13H2,1H3. The van der Waals surface area contributed by atoms with Gasteiger partial charge in [-0.05, 0) is 38.9 Å². The van der Waals surface area contributed by atoms with Gasteiger partial charge in [-0.3, -0.25) is 4.90 Å². The van der Waals surface area contributed by atoms with Crippen molar-refractivity contribution < 1.29 is 4.52 Å². The first-order valence-electron chi connectivity index (χ1n) is 7.73. The van der Waals surface area contributed by atoms with Gasteiger partial charge in [0, 0.05) is 24.7 Å². The maximum atomic E-state index is 5.48. The summed E-state index contributed by atoms with van der Waals surface area (Å²) in [5, 5.41) is 7.51. The number of hydrogen-bond donors (Lipinski definition) is 1. The van der Waals surface area contributed by atoms with E-state index in [1.165, 1.54) is 12.8 Å². The van der Waals surface area contributed by atoms with Crippen LogP contribution in [0.4, 0.5) is 0 Å². The molecule has 1 fully saturated rings. The van der Waals surface area contributed by atoms with Crippen molar-refractivity contribution in [3.05, 3.63) is 42.1 Å². The predicted molar refractivity (Wildman–Crippen MR) is 83.9 cm³/mol. The van der Waals surface area contributed by atoms with Gasteiger partial charge in [0.25, 0.3) is 0 Å². The van der Waals surface area contributed by atoms with E-state index in [1.54, 1.807) is 0 Å². The van der Waals surface area contributed by atoms with Crippen molar-refractivity contribution in [2.24, 2.45) is 5.92 Å². The lowest BCUT2D eigenvalue weighted by atomic mass is 9.98. The van der Waals surface area contributed by atoms with Gasteiger partial charge < -0.3 is 9.84 Å². The van der Waals surface area contributed by atoms with Crippen LogP contribution in [0.25, 0.3) is 11.3 Å². The summed E-state index contributed by atoms with van der Waals surface area (Å²) < 4.78 is 5.48. The molecule has 4 nitrogen and oxygen atoms in total. The largest absolute Gasteiger partial charge is 0.356 e. The molecule has 1 N–H and O–H groups in total. The van der Waals surface area contributed by atoms with Gasteiger partial charge in [0.15, 0.2) is 5.76 Å². The first kappa shape index (κ1) is 14.3. The van der Waals surface area contributed by atoms with Gasteiger partial charge in [0.1, 0.15) is 0 Å². The molecular formula is C17H23N3O. The van der Waals surface area contributed by atoms with E-state index in [0.717, 1.165) is 49.1 Å². The predicted octanol–water partition coefficient (Wildman–Crippen LogP) is 2.77. The van der Waals surface area contributed by atoms with Gasteiger partial charge in [-0.25, -0.2) is 0 Å². The summed E-state index contributed by atoms with van der Waals surface area (Å²) in [6.07, 6.45) is 2.60. The smallest absolute Gasteiger partial charge is 0.167 e. The van der Waals surface area contributed by atoms with Crippen molar-refractivity contribution in [2.45, 2.75) is 19.4 Å². The molecule has 0 radical (unpaired) electrons. The second kappa shape index (κ2) is 6.87. The van der Waals surface area contributed by atoms with E-state index in [-0.39, 0.29) is 0 Å². The Hall–Kier alpha value is -1.65. The van der Waals surface area contributed by atoms with Crippen molar-refractivity contribution in [3.63, 3.8) is 0 Å². The minimum Gasteiger partial charge on any atom is -0.356 e. The van der Waals surface area contributed by atoms with Crippen molar-refractivity contribution in [1.29, 1.82) is 0 Å². The van der Waals surface area contributed by atoms with E-state index >= 15 is 0 Å². The van der Waals surface area contributed by atoms with E-state index in [0.29, 0.717) is 0 Å². The molecule has 0 amide bonds. The molecule has 0 bridgehead atoms. The fourth-order valence-corrected chi connectivity index (χ4v) is 3.10. The van der Waals surface area contributed by atoms with E-state index in [4.69, 9.17) is 4.52 Å². The van der Waals surface area contributed by atoms with Crippen LogP contribution in [0, 0.1) is 5.92 Å². The van der Waals surface area contributed by atoms with E-state index < -0.39 is 0 Å². The maximum Gasteiger partial charge on any atom is 0.167 e. The lowest BCUT2D eigenvalue weighted by molar-refractivity contribution is 0.163. The molecule has 0 aliphatic carbocycles. The van der Waals surface area contributed by atoms with E-state index in [1.807, 2.05) is 37.4 Å². The SMILES string of the molecule is CNCC1CCCN(Cc2cc(-c3ccccc3)on2)C1. The van der Waals surface area contributed by atoms with Crippen LogP contribution in [0.2, 0.25) is 0 Å². The molecule has 3 rings (SSSR count). The quantitative estimate of drug-likeness (QED) is 0.917. The minimum absolute atomic E-state index is 0.754. The second-order valence-electron chi connectivity index (χ2n) is 5.85. The van der Waals surface area contributed by atoms with Crippen LogP contribution in [0.5, 0.6) is 0 Å². The highest BCUT2D eigenvalue weighted by Gasteiger charge is 2.20. The average Bonchev–Trinajstić information content (AvgIpc) is 2.97. The van der Waals surface area contributed by atoms with Crippen LogP contribution >= 0.6 is 0 Å². The van der Waals surface area contributed by atoms with Crippen molar-refractivity contribution in [2.75, 3.05) is 26.7 Å². The number of nitrogens with one attached hydrogen (secondary N) is 1. The van der Waals surface area contributed by atoms with Crippen LogP contribution < -0.4 is 5.32 Å². The molecule has 21 heavy (non-hydrogen) atoms. The number of nitrogens with zero attached hydrogens (tertiary/aromatic N) is 2. The van der Waals surface area contributed by atoms with Crippen LogP contribution in [0.1, 0.15) is 18.5 Å². The number of likely N-dealkylation sites (tertiary alicyclic amines) is 1. The Balaban J connectivity index is 1.62. The van der Waals surface area contributed by atoms with Gasteiger partial charge in [0.2, 0.25) is 0 Å². The fourth-order valence-electron chi connectivity index (χ4n) is 3.10. The first-order chi connectivity index (χ1) is 10.3. The summed E-state index contributed by atoms with van der Waals surface area (Å²) in [6.45, 7) is 4.29. The Kier molecular flexibility index (Phi) is 4.68. The van der Waals surface area contributed by atoms with Gasteiger partial charge in [-0.15, -0.1) is 0 Å². The number of benzene rings is 1. The molecular weight excluding hydrogens is 262 g/mol. The van der Waals surface area contributed by atoms with Gasteiger partial charge >= 0.3 is 0 Å². The highest BCUT2D eigenvalue weighted by atomic mass is 16.5. The highest BCUT2D eigenvalue weighted by Crippen LogP contribution is 2.22. The van der Waals surface area contributed by atoms with Crippen LogP contribution in [-0.2, 0) is 6.54 Å². The second-order valence-corrected chi connectivity index (χ2v) is 5.85. The summed E-state index contributed by atoms with van der Waals surface area (Å²) >= 11 is 0. The first-order valence-corrected chi connectivity index (χ1v) is 7.73. The molecule has 2 heterocycles. The molecule has 112 valence electrons. The molecule has 1 aromatic heterocycles. The third kappa shape index (κ3) is 3.71. The van der Waals surface area contributed by atoms with Gasteiger partial charge in [0.05, 0.1) is 5.69 Å². The maximum absolute atomic E-state index is 5.48. The topological polar surface area (TPSA) is 41.3 Å². The van der Waals surface area contributed by atoms with Crippen molar-refractivity contribution >= 4 is 0 Å². The Morgan fingerprint density at radius 3 is 3.00 bits per heavy atom. The Bertz CT molecular complexity index is 550. The normalized spacial score (nSPS) is 19.8. The fraction of sp³-hybridized carbons (Fsp3) is 0.471. The zero-order valence-corrected chi connectivity index (χ0v) is 12.6. The molecule has 4 heteroatoms. The molecule has 1 atom stereocenters. The summed E-state index contributed by atoms with van der Waals surface area (Å²) in [5.41, 5.74) is 2.11. The third-order valence-corrected chi connectivity index (χ3v) is 4.10. The summed E-state index contributed by atoms with van der Waals surface area (Å²) in [7, 11) is 2.03. The number of aromatic nitrogens is 1.